The Hall–Kier alpha value is -1.91. The lowest BCUT2D eigenvalue weighted by atomic mass is 9.90. The Labute approximate surface area is 161 Å². The standard InChI is InChI=1S/C23H30N2O2/c26-23(6-3-18-7-11-24-12-8-18)21-5-4-19-9-13-25(14-10-20(19)16-21)17-22-2-1-15-27-22/h1-2,4-5,15-16,18,24H,3,6-14,17H2. The van der Waals surface area contributed by atoms with Gasteiger partial charge in [0, 0.05) is 25.1 Å². The zero-order valence-electron chi connectivity index (χ0n) is 16.1. The molecule has 144 valence electrons. The lowest BCUT2D eigenvalue weighted by molar-refractivity contribution is 0.0970. The molecule has 2 aliphatic rings. The van der Waals surface area contributed by atoms with E-state index in [9.17, 15) is 4.79 Å². The fourth-order valence-electron chi connectivity index (χ4n) is 4.38. The summed E-state index contributed by atoms with van der Waals surface area (Å²) in [6.07, 6.45) is 7.93. The normalized spacial score (nSPS) is 18.8. The molecule has 0 unspecified atom stereocenters. The largest absolute Gasteiger partial charge is 0.468 e. The van der Waals surface area contributed by atoms with E-state index in [-0.39, 0.29) is 0 Å². The summed E-state index contributed by atoms with van der Waals surface area (Å²) >= 11 is 0. The van der Waals surface area contributed by atoms with Crippen molar-refractivity contribution in [3.63, 3.8) is 0 Å². The monoisotopic (exact) mass is 366 g/mol. The molecule has 1 N–H and O–H groups in total. The van der Waals surface area contributed by atoms with Crippen molar-refractivity contribution in [3.05, 3.63) is 59.0 Å². The Morgan fingerprint density at radius 2 is 1.93 bits per heavy atom. The number of nitrogens with zero attached hydrogens (tertiary/aromatic N) is 1. The van der Waals surface area contributed by atoms with Gasteiger partial charge in [0.1, 0.15) is 5.76 Å². The highest BCUT2D eigenvalue weighted by molar-refractivity contribution is 5.96. The van der Waals surface area contributed by atoms with Gasteiger partial charge in [-0.2, -0.15) is 0 Å². The highest BCUT2D eigenvalue weighted by Crippen LogP contribution is 2.22. The molecule has 1 aromatic heterocycles. The average molecular weight is 367 g/mol. The molecule has 1 aromatic carbocycles. The van der Waals surface area contributed by atoms with E-state index in [0.717, 1.165) is 63.3 Å². The summed E-state index contributed by atoms with van der Waals surface area (Å²) in [4.78, 5) is 15.1. The van der Waals surface area contributed by atoms with Crippen LogP contribution >= 0.6 is 0 Å². The van der Waals surface area contributed by atoms with Crippen LogP contribution in [0.1, 0.15) is 52.9 Å². The molecule has 27 heavy (non-hydrogen) atoms. The number of carbonyl (C=O) groups excluding carboxylic acids is 1. The molecule has 0 radical (unpaired) electrons. The van der Waals surface area contributed by atoms with Crippen LogP contribution in [0.5, 0.6) is 0 Å². The Balaban J connectivity index is 1.34. The second-order valence-electron chi connectivity index (χ2n) is 7.99. The molecule has 0 spiro atoms. The number of ketones is 1. The van der Waals surface area contributed by atoms with Gasteiger partial charge in [0.05, 0.1) is 12.8 Å². The molecule has 0 amide bonds. The van der Waals surface area contributed by atoms with Crippen molar-refractivity contribution in [3.8, 4) is 0 Å². The van der Waals surface area contributed by atoms with Crippen LogP contribution in [0, 0.1) is 5.92 Å². The number of benzene rings is 1. The fourth-order valence-corrected chi connectivity index (χ4v) is 4.38. The van der Waals surface area contributed by atoms with Crippen LogP contribution in [0.15, 0.2) is 41.0 Å². The number of hydrogen-bond donors (Lipinski definition) is 1. The van der Waals surface area contributed by atoms with Crippen molar-refractivity contribution in [2.24, 2.45) is 5.92 Å². The first-order valence-electron chi connectivity index (χ1n) is 10.4. The number of rotatable bonds is 6. The molecule has 0 saturated carbocycles. The van der Waals surface area contributed by atoms with E-state index in [1.54, 1.807) is 6.26 Å². The van der Waals surface area contributed by atoms with Crippen LogP contribution in [0.25, 0.3) is 0 Å². The van der Waals surface area contributed by atoms with E-state index in [4.69, 9.17) is 4.42 Å². The van der Waals surface area contributed by atoms with Crippen molar-refractivity contribution < 1.29 is 9.21 Å². The summed E-state index contributed by atoms with van der Waals surface area (Å²) in [5.74, 6) is 2.05. The number of fused-ring (bicyclic) bond motifs is 1. The summed E-state index contributed by atoms with van der Waals surface area (Å²) in [6, 6.07) is 10.4. The molecule has 4 heteroatoms. The maximum Gasteiger partial charge on any atom is 0.162 e. The number of nitrogens with one attached hydrogen (secondary N) is 1. The topological polar surface area (TPSA) is 45.5 Å². The van der Waals surface area contributed by atoms with Crippen molar-refractivity contribution in [1.29, 1.82) is 0 Å². The Kier molecular flexibility index (Phi) is 6.05. The van der Waals surface area contributed by atoms with Gasteiger partial charge in [0.25, 0.3) is 0 Å². The van der Waals surface area contributed by atoms with Crippen molar-refractivity contribution in [2.45, 2.75) is 45.1 Å². The van der Waals surface area contributed by atoms with E-state index in [2.05, 4.69) is 22.3 Å². The molecule has 3 heterocycles. The number of furan rings is 1. The van der Waals surface area contributed by atoms with E-state index >= 15 is 0 Å². The van der Waals surface area contributed by atoms with Gasteiger partial charge in [-0.25, -0.2) is 0 Å². The van der Waals surface area contributed by atoms with Crippen LogP contribution in [0.4, 0.5) is 0 Å². The van der Waals surface area contributed by atoms with Crippen molar-refractivity contribution in [2.75, 3.05) is 26.2 Å². The zero-order valence-corrected chi connectivity index (χ0v) is 16.1. The van der Waals surface area contributed by atoms with Gasteiger partial charge >= 0.3 is 0 Å². The number of hydrogen-bond acceptors (Lipinski definition) is 4. The highest BCUT2D eigenvalue weighted by Gasteiger charge is 2.18. The van der Waals surface area contributed by atoms with E-state index in [0.29, 0.717) is 18.1 Å². The number of carbonyl (C=O) groups is 1. The van der Waals surface area contributed by atoms with Gasteiger partial charge in [0.2, 0.25) is 0 Å². The lowest BCUT2D eigenvalue weighted by Gasteiger charge is -2.22. The Morgan fingerprint density at radius 3 is 2.70 bits per heavy atom. The van der Waals surface area contributed by atoms with Gasteiger partial charge in [-0.15, -0.1) is 0 Å². The van der Waals surface area contributed by atoms with Crippen LogP contribution < -0.4 is 5.32 Å². The predicted octanol–water partition coefficient (Wildman–Crippen LogP) is 3.84. The van der Waals surface area contributed by atoms with Gasteiger partial charge in [-0.05, 0) is 80.4 Å². The minimum atomic E-state index is 0.313. The molecule has 2 aromatic rings. The maximum atomic E-state index is 12.7. The molecule has 1 fully saturated rings. The number of Topliss-reactive ketones (excluding diaryl/α,β-unsaturated/α-hetero) is 1. The predicted molar refractivity (Wildman–Crippen MR) is 107 cm³/mol. The third-order valence-corrected chi connectivity index (χ3v) is 6.12. The zero-order chi connectivity index (χ0) is 18.5. The second-order valence-corrected chi connectivity index (χ2v) is 7.99. The first-order chi connectivity index (χ1) is 13.3. The molecule has 0 aliphatic carbocycles. The molecule has 1 saturated heterocycles. The second kappa shape index (κ2) is 8.85. The molecule has 4 nitrogen and oxygen atoms in total. The molecule has 4 rings (SSSR count). The van der Waals surface area contributed by atoms with Gasteiger partial charge in [-0.3, -0.25) is 9.69 Å². The third kappa shape index (κ3) is 4.88. The maximum absolute atomic E-state index is 12.7. The number of piperidine rings is 1. The van der Waals surface area contributed by atoms with Gasteiger partial charge in [0.15, 0.2) is 5.78 Å². The van der Waals surface area contributed by atoms with Crippen LogP contribution in [0.2, 0.25) is 0 Å². The summed E-state index contributed by atoms with van der Waals surface area (Å²) in [6.45, 7) is 5.12. The van der Waals surface area contributed by atoms with Crippen molar-refractivity contribution >= 4 is 5.78 Å². The quantitative estimate of drug-likeness (QED) is 0.789. The van der Waals surface area contributed by atoms with Crippen LogP contribution in [0.3, 0.4) is 0 Å². The molecular weight excluding hydrogens is 336 g/mol. The van der Waals surface area contributed by atoms with E-state index in [1.165, 1.54) is 24.0 Å². The molecule has 0 atom stereocenters. The van der Waals surface area contributed by atoms with Gasteiger partial charge in [-0.1, -0.05) is 12.1 Å². The summed E-state index contributed by atoms with van der Waals surface area (Å²) in [5, 5.41) is 3.40. The Bertz CT molecular complexity index is 748. The smallest absolute Gasteiger partial charge is 0.162 e. The fraction of sp³-hybridized carbons (Fsp3) is 0.522. The first-order valence-corrected chi connectivity index (χ1v) is 10.4. The van der Waals surface area contributed by atoms with E-state index in [1.807, 2.05) is 18.2 Å². The first kappa shape index (κ1) is 18.5. The summed E-state index contributed by atoms with van der Waals surface area (Å²) in [5.41, 5.74) is 3.65. The third-order valence-electron chi connectivity index (χ3n) is 6.12. The SMILES string of the molecule is O=C(CCC1CCNCC1)c1ccc2c(c1)CCN(Cc1ccco1)CC2. The minimum Gasteiger partial charge on any atom is -0.468 e. The minimum absolute atomic E-state index is 0.313. The molecular formula is C23H30N2O2. The van der Waals surface area contributed by atoms with Crippen molar-refractivity contribution in [1.82, 2.24) is 10.2 Å². The van der Waals surface area contributed by atoms with Crippen LogP contribution in [-0.2, 0) is 19.4 Å². The lowest BCUT2D eigenvalue weighted by Crippen LogP contribution is -2.28. The van der Waals surface area contributed by atoms with E-state index < -0.39 is 0 Å². The highest BCUT2D eigenvalue weighted by atomic mass is 16.3. The molecule has 2 aliphatic heterocycles. The Morgan fingerprint density at radius 1 is 1.11 bits per heavy atom. The average Bonchev–Trinajstić information content (AvgIpc) is 3.14. The summed E-state index contributed by atoms with van der Waals surface area (Å²) in [7, 11) is 0. The molecule has 0 bridgehead atoms. The van der Waals surface area contributed by atoms with Crippen LogP contribution in [-0.4, -0.2) is 36.9 Å². The summed E-state index contributed by atoms with van der Waals surface area (Å²) < 4.78 is 5.49. The van der Waals surface area contributed by atoms with Gasteiger partial charge < -0.3 is 9.73 Å².